The lowest BCUT2D eigenvalue weighted by Crippen LogP contribution is -2.41. The number of imidazole rings is 1. The molecule has 3 atom stereocenters. The van der Waals surface area contributed by atoms with Crippen molar-refractivity contribution in [1.29, 1.82) is 0 Å². The standard InChI is InChI=1S/C18H23N3O2/c1-12-5-4-8-20-14(10-19-17(12)20)11-21-15-7-3-2-6-13(15)9-16(21)18(22)23/h4-5,8,10,13,15-16H,2-3,6-7,9,11H2,1H3,(H,22,23). The number of pyridine rings is 1. The molecule has 1 saturated heterocycles. The molecular weight excluding hydrogens is 290 g/mol. The lowest BCUT2D eigenvalue weighted by atomic mass is 9.85. The maximum Gasteiger partial charge on any atom is 0.320 e. The first kappa shape index (κ1) is 14.7. The molecule has 2 aromatic heterocycles. The van der Waals surface area contributed by atoms with Crippen LogP contribution in [-0.2, 0) is 11.3 Å². The zero-order valence-electron chi connectivity index (χ0n) is 13.5. The first-order chi connectivity index (χ1) is 11.1. The number of aliphatic carboxylic acids is 1. The normalized spacial score (nSPS) is 28.1. The van der Waals surface area contributed by atoms with Gasteiger partial charge in [0.15, 0.2) is 0 Å². The Balaban J connectivity index is 1.67. The predicted octanol–water partition coefficient (Wildman–Crippen LogP) is 2.86. The van der Waals surface area contributed by atoms with Crippen LogP contribution in [0.25, 0.3) is 5.65 Å². The molecule has 1 saturated carbocycles. The number of aromatic nitrogens is 2. The summed E-state index contributed by atoms with van der Waals surface area (Å²) in [7, 11) is 0. The smallest absolute Gasteiger partial charge is 0.320 e. The van der Waals surface area contributed by atoms with Crippen LogP contribution < -0.4 is 0 Å². The van der Waals surface area contributed by atoms with E-state index < -0.39 is 5.97 Å². The van der Waals surface area contributed by atoms with Gasteiger partial charge in [-0.3, -0.25) is 9.69 Å². The molecule has 1 N–H and O–H groups in total. The quantitative estimate of drug-likeness (QED) is 0.946. The van der Waals surface area contributed by atoms with Gasteiger partial charge in [-0.05, 0) is 43.7 Å². The van der Waals surface area contributed by atoms with E-state index in [4.69, 9.17) is 0 Å². The molecule has 2 aliphatic rings. The molecule has 2 aromatic rings. The number of carboxylic acids is 1. The minimum absolute atomic E-state index is 0.349. The highest BCUT2D eigenvalue weighted by atomic mass is 16.4. The second kappa shape index (κ2) is 5.64. The Kier molecular flexibility index (Phi) is 3.60. The Labute approximate surface area is 135 Å². The van der Waals surface area contributed by atoms with E-state index in [-0.39, 0.29) is 6.04 Å². The summed E-state index contributed by atoms with van der Waals surface area (Å²) in [6.45, 7) is 2.72. The van der Waals surface area contributed by atoms with E-state index in [2.05, 4.69) is 27.3 Å². The summed E-state index contributed by atoms with van der Waals surface area (Å²) in [5.41, 5.74) is 3.19. The van der Waals surface area contributed by atoms with E-state index in [9.17, 15) is 9.90 Å². The molecule has 23 heavy (non-hydrogen) atoms. The molecule has 2 fully saturated rings. The van der Waals surface area contributed by atoms with Crippen molar-refractivity contribution < 1.29 is 9.90 Å². The monoisotopic (exact) mass is 313 g/mol. The Morgan fingerprint density at radius 2 is 2.22 bits per heavy atom. The molecule has 4 rings (SSSR count). The summed E-state index contributed by atoms with van der Waals surface area (Å²) in [6, 6.07) is 4.15. The van der Waals surface area contributed by atoms with Gasteiger partial charge in [-0.2, -0.15) is 0 Å². The molecule has 0 radical (unpaired) electrons. The predicted molar refractivity (Wildman–Crippen MR) is 87.3 cm³/mol. The third kappa shape index (κ3) is 2.43. The largest absolute Gasteiger partial charge is 0.480 e. The Bertz CT molecular complexity index is 739. The average molecular weight is 313 g/mol. The van der Waals surface area contributed by atoms with Crippen LogP contribution in [0.3, 0.4) is 0 Å². The fourth-order valence-corrected chi connectivity index (χ4v) is 4.53. The maximum atomic E-state index is 11.7. The van der Waals surface area contributed by atoms with Crippen LogP contribution in [0.4, 0.5) is 0 Å². The van der Waals surface area contributed by atoms with Gasteiger partial charge >= 0.3 is 5.97 Å². The van der Waals surface area contributed by atoms with Crippen LogP contribution in [0.1, 0.15) is 43.4 Å². The lowest BCUT2D eigenvalue weighted by molar-refractivity contribution is -0.142. The zero-order chi connectivity index (χ0) is 16.0. The highest BCUT2D eigenvalue weighted by Crippen LogP contribution is 2.40. The van der Waals surface area contributed by atoms with Gasteiger partial charge in [0.25, 0.3) is 0 Å². The fourth-order valence-electron chi connectivity index (χ4n) is 4.53. The summed E-state index contributed by atoms with van der Waals surface area (Å²) >= 11 is 0. The summed E-state index contributed by atoms with van der Waals surface area (Å²) in [5.74, 6) is -0.129. The highest BCUT2D eigenvalue weighted by Gasteiger charge is 2.45. The Hall–Kier alpha value is -1.88. The van der Waals surface area contributed by atoms with E-state index in [0.29, 0.717) is 18.5 Å². The van der Waals surface area contributed by atoms with Gasteiger partial charge in [0.05, 0.1) is 11.9 Å². The SMILES string of the molecule is Cc1cccn2c(CN3C(C(=O)O)CC4CCCCC43)cnc12. The van der Waals surface area contributed by atoms with E-state index >= 15 is 0 Å². The van der Waals surface area contributed by atoms with Gasteiger partial charge in [0, 0.05) is 18.8 Å². The number of fused-ring (bicyclic) bond motifs is 2. The number of likely N-dealkylation sites (tertiary alicyclic amines) is 1. The Morgan fingerprint density at radius 3 is 3.04 bits per heavy atom. The summed E-state index contributed by atoms with van der Waals surface area (Å²) in [5, 5.41) is 9.65. The van der Waals surface area contributed by atoms with Crippen LogP contribution in [0.5, 0.6) is 0 Å². The van der Waals surface area contributed by atoms with Crippen LogP contribution in [0, 0.1) is 12.8 Å². The zero-order valence-corrected chi connectivity index (χ0v) is 13.5. The number of carboxylic acid groups (broad SMARTS) is 1. The first-order valence-corrected chi connectivity index (χ1v) is 8.55. The van der Waals surface area contributed by atoms with Crippen molar-refractivity contribution in [3.05, 3.63) is 35.8 Å². The van der Waals surface area contributed by atoms with Crippen LogP contribution in [-0.4, -0.2) is 37.4 Å². The van der Waals surface area contributed by atoms with Crippen LogP contribution >= 0.6 is 0 Å². The van der Waals surface area contributed by atoms with E-state index in [1.54, 1.807) is 0 Å². The molecule has 1 aliphatic heterocycles. The molecule has 1 aliphatic carbocycles. The number of aryl methyl sites for hydroxylation is 1. The van der Waals surface area contributed by atoms with Gasteiger partial charge in [0.1, 0.15) is 11.7 Å². The van der Waals surface area contributed by atoms with Gasteiger partial charge in [-0.25, -0.2) is 4.98 Å². The number of rotatable bonds is 3. The third-order valence-electron chi connectivity index (χ3n) is 5.66. The van der Waals surface area contributed by atoms with Crippen molar-refractivity contribution in [3.63, 3.8) is 0 Å². The molecule has 0 amide bonds. The van der Waals surface area contributed by atoms with E-state index in [1.807, 2.05) is 18.5 Å². The van der Waals surface area contributed by atoms with Crippen molar-refractivity contribution in [2.24, 2.45) is 5.92 Å². The van der Waals surface area contributed by atoms with E-state index in [1.165, 1.54) is 19.3 Å². The van der Waals surface area contributed by atoms with Crippen molar-refractivity contribution >= 4 is 11.6 Å². The maximum absolute atomic E-state index is 11.7. The number of carbonyl (C=O) groups is 1. The molecule has 0 bridgehead atoms. The first-order valence-electron chi connectivity index (χ1n) is 8.55. The molecule has 5 nitrogen and oxygen atoms in total. The summed E-state index contributed by atoms with van der Waals surface area (Å²) in [6.07, 6.45) is 9.50. The molecule has 3 unspecified atom stereocenters. The van der Waals surface area contributed by atoms with Gasteiger partial charge < -0.3 is 9.51 Å². The third-order valence-corrected chi connectivity index (χ3v) is 5.66. The van der Waals surface area contributed by atoms with Crippen LogP contribution in [0.15, 0.2) is 24.5 Å². The molecular formula is C18H23N3O2. The lowest BCUT2D eigenvalue weighted by Gasteiger charge is -2.32. The average Bonchev–Trinajstić information content (AvgIpc) is 3.11. The van der Waals surface area contributed by atoms with Crippen molar-refractivity contribution in [2.75, 3.05) is 0 Å². The van der Waals surface area contributed by atoms with Crippen molar-refractivity contribution in [3.8, 4) is 0 Å². The summed E-state index contributed by atoms with van der Waals surface area (Å²) < 4.78 is 2.10. The number of hydrogen-bond donors (Lipinski definition) is 1. The number of hydrogen-bond acceptors (Lipinski definition) is 3. The van der Waals surface area contributed by atoms with Gasteiger partial charge in [0.2, 0.25) is 0 Å². The molecule has 0 aromatic carbocycles. The fraction of sp³-hybridized carbons (Fsp3) is 0.556. The minimum atomic E-state index is -0.676. The van der Waals surface area contributed by atoms with Gasteiger partial charge in [-0.15, -0.1) is 0 Å². The minimum Gasteiger partial charge on any atom is -0.480 e. The summed E-state index contributed by atoms with van der Waals surface area (Å²) in [4.78, 5) is 18.5. The van der Waals surface area contributed by atoms with Crippen LogP contribution in [0.2, 0.25) is 0 Å². The molecule has 3 heterocycles. The second-order valence-electron chi connectivity index (χ2n) is 7.01. The number of nitrogens with zero attached hydrogens (tertiary/aromatic N) is 3. The van der Waals surface area contributed by atoms with Gasteiger partial charge in [-0.1, -0.05) is 18.9 Å². The highest BCUT2D eigenvalue weighted by molar-refractivity contribution is 5.74. The molecule has 5 heteroatoms. The second-order valence-corrected chi connectivity index (χ2v) is 7.01. The van der Waals surface area contributed by atoms with Crippen molar-refractivity contribution in [1.82, 2.24) is 14.3 Å². The molecule has 0 spiro atoms. The Morgan fingerprint density at radius 1 is 1.39 bits per heavy atom. The molecule has 122 valence electrons. The van der Waals surface area contributed by atoms with Crippen molar-refractivity contribution in [2.45, 2.75) is 57.7 Å². The topological polar surface area (TPSA) is 57.8 Å². The van der Waals surface area contributed by atoms with E-state index in [0.717, 1.165) is 29.7 Å².